The number of fused-ring (bicyclic) bond motifs is 1. The van der Waals surface area contributed by atoms with Gasteiger partial charge in [-0.05, 0) is 13.8 Å². The number of rotatable bonds is 3. The van der Waals surface area contributed by atoms with E-state index in [1.165, 1.54) is 11.8 Å². The Hall–Kier alpha value is -1.39. The van der Waals surface area contributed by atoms with Crippen LogP contribution in [0.4, 0.5) is 0 Å². The Morgan fingerprint density at radius 3 is 2.11 bits per heavy atom. The fourth-order valence-electron chi connectivity index (χ4n) is 1.90. The molecule has 0 saturated heterocycles. The van der Waals surface area contributed by atoms with Crippen molar-refractivity contribution in [2.45, 2.75) is 32.1 Å². The number of hydrogen-bond donors (Lipinski definition) is 1. The highest BCUT2D eigenvalue weighted by Crippen LogP contribution is 2.35. The number of carbonyl (C=O) groups is 2. The van der Waals surface area contributed by atoms with Crippen LogP contribution in [-0.2, 0) is 0 Å². The maximum atomic E-state index is 12.4. The first kappa shape index (κ1) is 14.0. The molecule has 2 rings (SSSR count). The third kappa shape index (κ3) is 2.51. The third-order valence-corrected chi connectivity index (χ3v) is 4.78. The minimum Gasteiger partial charge on any atom is -0.392 e. The summed E-state index contributed by atoms with van der Waals surface area (Å²) in [4.78, 5) is 25.1. The van der Waals surface area contributed by atoms with Crippen molar-refractivity contribution in [3.05, 3.63) is 45.9 Å². The van der Waals surface area contributed by atoms with E-state index in [-0.39, 0.29) is 16.8 Å². The lowest BCUT2D eigenvalue weighted by molar-refractivity contribution is 0.0981. The molecule has 0 aromatic heterocycles. The van der Waals surface area contributed by atoms with Crippen molar-refractivity contribution >= 4 is 23.3 Å². The lowest BCUT2D eigenvalue weighted by atomic mass is 9.90. The van der Waals surface area contributed by atoms with Gasteiger partial charge < -0.3 is 5.11 Å². The average molecular weight is 276 g/mol. The van der Waals surface area contributed by atoms with Crippen molar-refractivity contribution in [2.75, 3.05) is 0 Å². The number of ketones is 2. The van der Waals surface area contributed by atoms with Gasteiger partial charge >= 0.3 is 0 Å². The van der Waals surface area contributed by atoms with Gasteiger partial charge in [0.15, 0.2) is 5.78 Å². The summed E-state index contributed by atoms with van der Waals surface area (Å²) in [7, 11) is 0. The van der Waals surface area contributed by atoms with Crippen molar-refractivity contribution in [3.8, 4) is 0 Å². The lowest BCUT2D eigenvalue weighted by Gasteiger charge is -2.22. The number of aliphatic hydroxyl groups is 1. The summed E-state index contributed by atoms with van der Waals surface area (Å²) in [5.74, 6) is -0.222. The molecule has 0 bridgehead atoms. The van der Waals surface area contributed by atoms with E-state index in [4.69, 9.17) is 0 Å². The van der Waals surface area contributed by atoms with Crippen LogP contribution >= 0.6 is 11.8 Å². The lowest BCUT2D eigenvalue weighted by Crippen LogP contribution is -2.23. The van der Waals surface area contributed by atoms with Gasteiger partial charge in [-0.15, -0.1) is 11.8 Å². The van der Waals surface area contributed by atoms with Crippen LogP contribution in [0.25, 0.3) is 0 Å². The van der Waals surface area contributed by atoms with Gasteiger partial charge in [-0.3, -0.25) is 9.59 Å². The maximum Gasteiger partial charge on any atom is 0.200 e. The van der Waals surface area contributed by atoms with E-state index in [0.717, 1.165) is 0 Å². The van der Waals surface area contributed by atoms with Crippen molar-refractivity contribution in [3.63, 3.8) is 0 Å². The van der Waals surface area contributed by atoms with Crippen molar-refractivity contribution < 1.29 is 14.7 Å². The molecule has 0 fully saturated rings. The Labute approximate surface area is 116 Å². The molecule has 2 unspecified atom stereocenters. The molecule has 1 aliphatic rings. The molecule has 4 heteroatoms. The van der Waals surface area contributed by atoms with E-state index in [9.17, 15) is 14.7 Å². The number of aliphatic hydroxyl groups excluding tert-OH is 1. The summed E-state index contributed by atoms with van der Waals surface area (Å²) in [5, 5.41) is 9.41. The summed E-state index contributed by atoms with van der Waals surface area (Å²) in [6.07, 6.45) is -0.537. The second-order valence-corrected chi connectivity index (χ2v) is 6.11. The molecule has 0 saturated carbocycles. The largest absolute Gasteiger partial charge is 0.392 e. The van der Waals surface area contributed by atoms with Gasteiger partial charge in [0.2, 0.25) is 5.78 Å². The van der Waals surface area contributed by atoms with Crippen LogP contribution in [0.15, 0.2) is 34.7 Å². The fourth-order valence-corrected chi connectivity index (χ4v) is 2.96. The van der Waals surface area contributed by atoms with Crippen LogP contribution in [0.5, 0.6) is 0 Å². The molecule has 0 radical (unpaired) electrons. The number of benzene rings is 1. The first-order chi connectivity index (χ1) is 8.93. The molecule has 1 N–H and O–H groups in total. The van der Waals surface area contributed by atoms with E-state index in [0.29, 0.717) is 21.6 Å². The van der Waals surface area contributed by atoms with E-state index >= 15 is 0 Å². The van der Waals surface area contributed by atoms with E-state index in [2.05, 4.69) is 0 Å². The Kier molecular flexibility index (Phi) is 3.92. The summed E-state index contributed by atoms with van der Waals surface area (Å²) in [6.45, 7) is 5.19. The smallest absolute Gasteiger partial charge is 0.200 e. The van der Waals surface area contributed by atoms with Crippen LogP contribution in [-0.4, -0.2) is 28.0 Å². The standard InChI is InChI=1S/C15H16O3S/c1-8-13(17)11-6-4-5-7-12(11)14(18)15(8)19-10(3)9(2)16/h4-7,9-10,16H,1-3H3. The topological polar surface area (TPSA) is 54.4 Å². The van der Waals surface area contributed by atoms with E-state index in [1.54, 1.807) is 38.1 Å². The predicted molar refractivity (Wildman–Crippen MR) is 76.5 cm³/mol. The third-order valence-electron chi connectivity index (χ3n) is 3.29. The Bertz CT molecular complexity index is 573. The van der Waals surface area contributed by atoms with Crippen LogP contribution in [0, 0.1) is 0 Å². The molecule has 100 valence electrons. The minimum atomic E-state index is -0.537. The zero-order valence-corrected chi connectivity index (χ0v) is 12.0. The molecule has 19 heavy (non-hydrogen) atoms. The minimum absolute atomic E-state index is 0.101. The average Bonchev–Trinajstić information content (AvgIpc) is 2.40. The number of thioether (sulfide) groups is 1. The Morgan fingerprint density at radius 2 is 1.58 bits per heavy atom. The monoisotopic (exact) mass is 276 g/mol. The van der Waals surface area contributed by atoms with Gasteiger partial charge in [-0.1, -0.05) is 31.2 Å². The molecule has 0 amide bonds. The first-order valence-electron chi connectivity index (χ1n) is 6.17. The molecule has 0 aliphatic heterocycles. The zero-order chi connectivity index (χ0) is 14.2. The first-order valence-corrected chi connectivity index (χ1v) is 7.05. The molecule has 1 aromatic carbocycles. The van der Waals surface area contributed by atoms with Gasteiger partial charge in [-0.2, -0.15) is 0 Å². The Morgan fingerprint density at radius 1 is 1.05 bits per heavy atom. The summed E-state index contributed by atoms with van der Waals surface area (Å²) >= 11 is 1.27. The van der Waals surface area contributed by atoms with Crippen LogP contribution in [0.3, 0.4) is 0 Å². The highest BCUT2D eigenvalue weighted by molar-refractivity contribution is 8.04. The zero-order valence-electron chi connectivity index (χ0n) is 11.1. The summed E-state index contributed by atoms with van der Waals surface area (Å²) in [5.41, 5.74) is 1.40. The highest BCUT2D eigenvalue weighted by Gasteiger charge is 2.31. The SMILES string of the molecule is CC1=C(SC(C)C(C)O)C(=O)c2ccccc2C1=O. The second-order valence-electron chi connectivity index (χ2n) is 4.72. The molecule has 1 aromatic rings. The molecule has 1 aliphatic carbocycles. The molecule has 0 heterocycles. The second kappa shape index (κ2) is 5.31. The van der Waals surface area contributed by atoms with Crippen LogP contribution in [0.1, 0.15) is 41.5 Å². The number of carbonyl (C=O) groups excluding carboxylic acids is 2. The van der Waals surface area contributed by atoms with Gasteiger partial charge in [0, 0.05) is 21.9 Å². The van der Waals surface area contributed by atoms with Gasteiger partial charge in [-0.25, -0.2) is 0 Å². The molecule has 0 spiro atoms. The van der Waals surface area contributed by atoms with Gasteiger partial charge in [0.05, 0.1) is 11.0 Å². The van der Waals surface area contributed by atoms with Crippen molar-refractivity contribution in [1.82, 2.24) is 0 Å². The molecule has 2 atom stereocenters. The summed E-state index contributed by atoms with van der Waals surface area (Å²) in [6, 6.07) is 6.87. The van der Waals surface area contributed by atoms with Crippen molar-refractivity contribution in [2.24, 2.45) is 0 Å². The number of Topliss-reactive ketones (excluding diaryl/α,β-unsaturated/α-hetero) is 2. The molecular formula is C15H16O3S. The quantitative estimate of drug-likeness (QED) is 0.922. The number of allylic oxidation sites excluding steroid dienone is 2. The molecular weight excluding hydrogens is 260 g/mol. The normalized spacial score (nSPS) is 18.3. The van der Waals surface area contributed by atoms with Gasteiger partial charge in [0.25, 0.3) is 0 Å². The fraction of sp³-hybridized carbons (Fsp3) is 0.333. The van der Waals surface area contributed by atoms with E-state index < -0.39 is 6.10 Å². The maximum absolute atomic E-state index is 12.4. The van der Waals surface area contributed by atoms with Gasteiger partial charge in [0.1, 0.15) is 0 Å². The van der Waals surface area contributed by atoms with Crippen LogP contribution in [0.2, 0.25) is 0 Å². The number of hydrogen-bond acceptors (Lipinski definition) is 4. The molecule has 3 nitrogen and oxygen atoms in total. The predicted octanol–water partition coefficient (Wildman–Crippen LogP) is 2.84. The van der Waals surface area contributed by atoms with Crippen LogP contribution < -0.4 is 0 Å². The van der Waals surface area contributed by atoms with E-state index in [1.807, 2.05) is 6.92 Å². The van der Waals surface area contributed by atoms with Crippen molar-refractivity contribution in [1.29, 1.82) is 0 Å². The highest BCUT2D eigenvalue weighted by atomic mass is 32.2. The Balaban J connectivity index is 2.43. The summed E-state index contributed by atoms with van der Waals surface area (Å²) < 4.78 is 0.